The van der Waals surface area contributed by atoms with Crippen molar-refractivity contribution < 1.29 is 13.9 Å². The summed E-state index contributed by atoms with van der Waals surface area (Å²) >= 11 is 0. The summed E-state index contributed by atoms with van der Waals surface area (Å²) in [4.78, 5) is 11.8. The van der Waals surface area contributed by atoms with Crippen molar-refractivity contribution in [1.82, 2.24) is 15.5 Å². The maximum atomic E-state index is 12.7. The molecule has 0 aliphatic carbocycles. The van der Waals surface area contributed by atoms with E-state index in [4.69, 9.17) is 4.74 Å². The van der Waals surface area contributed by atoms with Crippen LogP contribution in [0.15, 0.2) is 36.7 Å². The van der Waals surface area contributed by atoms with E-state index in [1.807, 2.05) is 6.92 Å². The molecule has 1 amide bonds. The van der Waals surface area contributed by atoms with Gasteiger partial charge in [0, 0.05) is 18.2 Å². The van der Waals surface area contributed by atoms with Gasteiger partial charge < -0.3 is 10.1 Å². The van der Waals surface area contributed by atoms with Gasteiger partial charge in [0.1, 0.15) is 11.6 Å². The lowest BCUT2D eigenvalue weighted by molar-refractivity contribution is -0.121. The van der Waals surface area contributed by atoms with Gasteiger partial charge in [-0.3, -0.25) is 9.89 Å². The van der Waals surface area contributed by atoms with Crippen LogP contribution in [0.4, 0.5) is 4.39 Å². The predicted molar refractivity (Wildman–Crippen MR) is 76.3 cm³/mol. The molecule has 1 aromatic heterocycles. The van der Waals surface area contributed by atoms with E-state index in [0.717, 1.165) is 5.56 Å². The summed E-state index contributed by atoms with van der Waals surface area (Å²) in [6.45, 7) is 2.32. The summed E-state index contributed by atoms with van der Waals surface area (Å²) in [5.74, 6) is 0.268. The number of halogens is 1. The highest BCUT2D eigenvalue weighted by Crippen LogP contribution is 2.12. The molecule has 0 saturated carbocycles. The smallest absolute Gasteiger partial charge is 0.220 e. The van der Waals surface area contributed by atoms with E-state index in [1.165, 1.54) is 12.1 Å². The van der Waals surface area contributed by atoms with Gasteiger partial charge >= 0.3 is 0 Å². The SMILES string of the molecule is CC(NC(=O)CCCOc1ccc(F)cc1)c1cn[nH]c1. The van der Waals surface area contributed by atoms with E-state index in [9.17, 15) is 9.18 Å². The molecule has 0 saturated heterocycles. The third kappa shape index (κ3) is 4.91. The third-order valence-electron chi connectivity index (χ3n) is 3.03. The number of carbonyl (C=O) groups excluding carboxylic acids is 1. The first-order valence-corrected chi connectivity index (χ1v) is 6.81. The molecule has 0 fully saturated rings. The Morgan fingerprint density at radius 2 is 2.19 bits per heavy atom. The molecule has 1 heterocycles. The fourth-order valence-electron chi connectivity index (χ4n) is 1.85. The minimum Gasteiger partial charge on any atom is -0.494 e. The first-order valence-electron chi connectivity index (χ1n) is 6.81. The molecule has 21 heavy (non-hydrogen) atoms. The van der Waals surface area contributed by atoms with Crippen LogP contribution in [0.3, 0.4) is 0 Å². The summed E-state index contributed by atoms with van der Waals surface area (Å²) < 4.78 is 18.1. The molecule has 1 atom stereocenters. The zero-order chi connectivity index (χ0) is 15.1. The molecule has 0 bridgehead atoms. The average molecular weight is 291 g/mol. The highest BCUT2D eigenvalue weighted by atomic mass is 19.1. The topological polar surface area (TPSA) is 67.0 Å². The molecule has 0 radical (unpaired) electrons. The van der Waals surface area contributed by atoms with Crippen LogP contribution in [-0.2, 0) is 4.79 Å². The number of ether oxygens (including phenoxy) is 1. The highest BCUT2D eigenvalue weighted by molar-refractivity contribution is 5.76. The Hall–Kier alpha value is -2.37. The number of aromatic amines is 1. The minimum absolute atomic E-state index is 0.0357. The van der Waals surface area contributed by atoms with Crippen LogP contribution in [0.1, 0.15) is 31.4 Å². The number of hydrogen-bond donors (Lipinski definition) is 2. The number of carbonyl (C=O) groups is 1. The van der Waals surface area contributed by atoms with Gasteiger partial charge in [-0.1, -0.05) is 0 Å². The summed E-state index contributed by atoms with van der Waals surface area (Å²) in [6.07, 6.45) is 4.41. The van der Waals surface area contributed by atoms with Crippen molar-refractivity contribution in [3.8, 4) is 5.75 Å². The fraction of sp³-hybridized carbons (Fsp3) is 0.333. The quantitative estimate of drug-likeness (QED) is 0.770. The molecule has 2 aromatic rings. The van der Waals surface area contributed by atoms with Crippen molar-refractivity contribution in [3.63, 3.8) is 0 Å². The number of H-pyrrole nitrogens is 1. The van der Waals surface area contributed by atoms with Crippen molar-refractivity contribution in [2.24, 2.45) is 0 Å². The molecule has 0 aliphatic rings. The minimum atomic E-state index is -0.296. The van der Waals surface area contributed by atoms with Crippen LogP contribution < -0.4 is 10.1 Å². The van der Waals surface area contributed by atoms with Crippen LogP contribution in [0.2, 0.25) is 0 Å². The molecular formula is C15H18FN3O2. The second-order valence-electron chi connectivity index (χ2n) is 4.73. The average Bonchev–Trinajstić information content (AvgIpc) is 3.00. The summed E-state index contributed by atoms with van der Waals surface area (Å²) in [5, 5.41) is 9.44. The van der Waals surface area contributed by atoms with Gasteiger partial charge in [0.05, 0.1) is 18.8 Å². The monoisotopic (exact) mass is 291 g/mol. The number of aromatic nitrogens is 2. The Labute approximate surface area is 122 Å². The lowest BCUT2D eigenvalue weighted by Crippen LogP contribution is -2.26. The number of rotatable bonds is 7. The van der Waals surface area contributed by atoms with Crippen molar-refractivity contribution in [1.29, 1.82) is 0 Å². The first-order chi connectivity index (χ1) is 10.1. The molecule has 112 valence electrons. The van der Waals surface area contributed by atoms with E-state index in [2.05, 4.69) is 15.5 Å². The van der Waals surface area contributed by atoms with Crippen molar-refractivity contribution >= 4 is 5.91 Å². The number of amides is 1. The van der Waals surface area contributed by atoms with Gasteiger partial charge in [0.15, 0.2) is 0 Å². The van der Waals surface area contributed by atoms with Gasteiger partial charge in [0.25, 0.3) is 0 Å². The molecule has 1 aromatic carbocycles. The standard InChI is InChI=1S/C15H18FN3O2/c1-11(12-9-17-18-10-12)19-15(20)3-2-8-21-14-6-4-13(16)5-7-14/h4-7,9-11H,2-3,8H2,1H3,(H,17,18)(H,19,20). The van der Waals surface area contributed by atoms with Crippen LogP contribution in [0.25, 0.3) is 0 Å². The van der Waals surface area contributed by atoms with E-state index < -0.39 is 0 Å². The second-order valence-corrected chi connectivity index (χ2v) is 4.73. The van der Waals surface area contributed by atoms with Crippen LogP contribution in [0.5, 0.6) is 5.75 Å². The zero-order valence-corrected chi connectivity index (χ0v) is 11.8. The van der Waals surface area contributed by atoms with Crippen molar-refractivity contribution in [2.45, 2.75) is 25.8 Å². The molecule has 2 N–H and O–H groups in total. The Morgan fingerprint density at radius 1 is 1.43 bits per heavy atom. The van der Waals surface area contributed by atoms with Crippen LogP contribution >= 0.6 is 0 Å². The van der Waals surface area contributed by atoms with E-state index in [0.29, 0.717) is 25.2 Å². The maximum absolute atomic E-state index is 12.7. The number of nitrogens with zero attached hydrogens (tertiary/aromatic N) is 1. The molecule has 0 spiro atoms. The van der Waals surface area contributed by atoms with E-state index >= 15 is 0 Å². The van der Waals surface area contributed by atoms with E-state index in [1.54, 1.807) is 24.5 Å². The molecule has 0 aliphatic heterocycles. The van der Waals surface area contributed by atoms with E-state index in [-0.39, 0.29) is 17.8 Å². The summed E-state index contributed by atoms with van der Waals surface area (Å²) in [6, 6.07) is 5.74. The van der Waals surface area contributed by atoms with Gasteiger partial charge in [-0.25, -0.2) is 4.39 Å². The number of hydrogen-bond acceptors (Lipinski definition) is 3. The Balaban J connectivity index is 1.64. The Morgan fingerprint density at radius 3 is 2.86 bits per heavy atom. The molecule has 2 rings (SSSR count). The lowest BCUT2D eigenvalue weighted by atomic mass is 10.2. The zero-order valence-electron chi connectivity index (χ0n) is 11.8. The van der Waals surface area contributed by atoms with Gasteiger partial charge in [-0.05, 0) is 37.6 Å². The van der Waals surface area contributed by atoms with Crippen LogP contribution in [-0.4, -0.2) is 22.7 Å². The highest BCUT2D eigenvalue weighted by Gasteiger charge is 2.10. The maximum Gasteiger partial charge on any atom is 0.220 e. The molecular weight excluding hydrogens is 273 g/mol. The predicted octanol–water partition coefficient (Wildman–Crippen LogP) is 2.59. The normalized spacial score (nSPS) is 11.9. The van der Waals surface area contributed by atoms with Crippen molar-refractivity contribution in [3.05, 3.63) is 48.0 Å². The van der Waals surface area contributed by atoms with Gasteiger partial charge in [-0.15, -0.1) is 0 Å². The van der Waals surface area contributed by atoms with Gasteiger partial charge in [-0.2, -0.15) is 5.10 Å². The Kier molecular flexibility index (Phi) is 5.31. The number of nitrogens with one attached hydrogen (secondary N) is 2. The third-order valence-corrected chi connectivity index (χ3v) is 3.03. The number of benzene rings is 1. The van der Waals surface area contributed by atoms with Gasteiger partial charge in [0.2, 0.25) is 5.91 Å². The first kappa shape index (κ1) is 15.0. The lowest BCUT2D eigenvalue weighted by Gasteiger charge is -2.12. The van der Waals surface area contributed by atoms with Crippen molar-refractivity contribution in [2.75, 3.05) is 6.61 Å². The largest absolute Gasteiger partial charge is 0.494 e. The Bertz CT molecular complexity index is 555. The summed E-state index contributed by atoms with van der Waals surface area (Å²) in [7, 11) is 0. The molecule has 5 nitrogen and oxygen atoms in total. The molecule has 1 unspecified atom stereocenters. The summed E-state index contributed by atoms with van der Waals surface area (Å²) in [5.41, 5.74) is 0.936. The second kappa shape index (κ2) is 7.42. The van der Waals surface area contributed by atoms with Crippen LogP contribution in [0, 0.1) is 5.82 Å². The molecule has 6 heteroatoms. The fourth-order valence-corrected chi connectivity index (χ4v) is 1.85.